The normalized spacial score (nSPS) is 10.6. The van der Waals surface area contributed by atoms with E-state index in [2.05, 4.69) is 5.10 Å². The Morgan fingerprint density at radius 1 is 1.35 bits per heavy atom. The molecule has 0 unspecified atom stereocenters. The Hall–Kier alpha value is -2.70. The number of hydrogen-bond donors (Lipinski definition) is 1. The minimum atomic E-state index is -1.10. The van der Waals surface area contributed by atoms with Crippen LogP contribution in [-0.4, -0.2) is 25.8 Å². The molecule has 0 bridgehead atoms. The van der Waals surface area contributed by atoms with Gasteiger partial charge in [-0.05, 0) is 38.5 Å². The molecule has 1 N–H and O–H groups in total. The van der Waals surface area contributed by atoms with Gasteiger partial charge in [0.15, 0.2) is 0 Å². The van der Waals surface area contributed by atoms with Crippen molar-refractivity contribution in [1.29, 1.82) is 0 Å². The van der Waals surface area contributed by atoms with E-state index in [0.717, 1.165) is 5.56 Å². The molecule has 7 heteroatoms. The molecule has 0 spiro atoms. The molecule has 0 fully saturated rings. The van der Waals surface area contributed by atoms with Gasteiger partial charge in [0.2, 0.25) is 0 Å². The fourth-order valence-corrected chi connectivity index (χ4v) is 2.13. The van der Waals surface area contributed by atoms with Crippen LogP contribution in [-0.2, 0) is 0 Å². The van der Waals surface area contributed by atoms with E-state index < -0.39 is 10.9 Å². The van der Waals surface area contributed by atoms with Crippen molar-refractivity contribution in [2.24, 2.45) is 0 Å². The summed E-state index contributed by atoms with van der Waals surface area (Å²) in [6.07, 6.45) is 0. The summed E-state index contributed by atoms with van der Waals surface area (Å²) in [4.78, 5) is 21.8. The van der Waals surface area contributed by atoms with Crippen LogP contribution in [0.15, 0.2) is 18.2 Å². The summed E-state index contributed by atoms with van der Waals surface area (Å²) in [7, 11) is 0. The van der Waals surface area contributed by atoms with Crippen molar-refractivity contribution >= 4 is 11.7 Å². The Morgan fingerprint density at radius 2 is 2.00 bits per heavy atom. The zero-order chi connectivity index (χ0) is 15.0. The molecule has 7 nitrogen and oxygen atoms in total. The van der Waals surface area contributed by atoms with Gasteiger partial charge in [-0.1, -0.05) is 6.07 Å². The first-order valence-electron chi connectivity index (χ1n) is 5.88. The second-order valence-electron chi connectivity index (χ2n) is 4.51. The van der Waals surface area contributed by atoms with Crippen LogP contribution < -0.4 is 0 Å². The molecule has 0 saturated heterocycles. The highest BCUT2D eigenvalue weighted by atomic mass is 16.6. The third-order valence-electron chi connectivity index (χ3n) is 3.05. The molecule has 0 radical (unpaired) electrons. The lowest BCUT2D eigenvalue weighted by atomic mass is 10.1. The van der Waals surface area contributed by atoms with E-state index in [9.17, 15) is 20.0 Å². The van der Waals surface area contributed by atoms with E-state index in [1.165, 1.54) is 17.7 Å². The smallest absolute Gasteiger partial charge is 0.337 e. The molecular weight excluding hydrogens is 262 g/mol. The molecule has 1 aromatic carbocycles. The summed E-state index contributed by atoms with van der Waals surface area (Å²) in [6, 6.07) is 4.79. The highest BCUT2D eigenvalue weighted by molar-refractivity contribution is 5.92. The molecule has 0 aliphatic carbocycles. The first-order chi connectivity index (χ1) is 9.32. The van der Waals surface area contributed by atoms with Crippen molar-refractivity contribution in [2.45, 2.75) is 20.8 Å². The number of carboxylic acid groups (broad SMARTS) is 1. The average molecular weight is 275 g/mol. The molecule has 0 aliphatic rings. The number of benzene rings is 1. The van der Waals surface area contributed by atoms with E-state index in [4.69, 9.17) is 0 Å². The van der Waals surface area contributed by atoms with Gasteiger partial charge in [-0.15, -0.1) is 0 Å². The van der Waals surface area contributed by atoms with Gasteiger partial charge in [-0.25, -0.2) is 9.48 Å². The van der Waals surface area contributed by atoms with Gasteiger partial charge in [-0.2, -0.15) is 5.10 Å². The number of carboxylic acids is 1. The Bertz CT molecular complexity index is 719. The van der Waals surface area contributed by atoms with Crippen molar-refractivity contribution in [2.75, 3.05) is 0 Å². The molecular formula is C13H13N3O4. The van der Waals surface area contributed by atoms with Crippen LogP contribution in [0.25, 0.3) is 5.69 Å². The van der Waals surface area contributed by atoms with Crippen LogP contribution in [0.3, 0.4) is 0 Å². The number of nitrogens with zero attached hydrogens (tertiary/aromatic N) is 3. The van der Waals surface area contributed by atoms with Gasteiger partial charge in [0.1, 0.15) is 11.4 Å². The van der Waals surface area contributed by atoms with Gasteiger partial charge >= 0.3 is 11.7 Å². The van der Waals surface area contributed by atoms with Crippen molar-refractivity contribution < 1.29 is 14.8 Å². The van der Waals surface area contributed by atoms with Crippen LogP contribution in [0, 0.1) is 30.9 Å². The van der Waals surface area contributed by atoms with Crippen molar-refractivity contribution in [3.8, 4) is 5.69 Å². The van der Waals surface area contributed by atoms with Crippen molar-refractivity contribution in [3.63, 3.8) is 0 Å². The summed E-state index contributed by atoms with van der Waals surface area (Å²) in [5.41, 5.74) is 1.69. The van der Waals surface area contributed by atoms with Crippen LogP contribution in [0.5, 0.6) is 0 Å². The predicted octanol–water partition coefficient (Wildman–Crippen LogP) is 2.40. The molecule has 2 rings (SSSR count). The maximum atomic E-state index is 11.3. The predicted molar refractivity (Wildman–Crippen MR) is 71.4 cm³/mol. The molecule has 20 heavy (non-hydrogen) atoms. The van der Waals surface area contributed by atoms with Crippen LogP contribution in [0.4, 0.5) is 5.69 Å². The number of aryl methyl sites for hydroxylation is 2. The fraction of sp³-hybridized carbons (Fsp3) is 0.231. The summed E-state index contributed by atoms with van der Waals surface area (Å²) >= 11 is 0. The minimum Gasteiger partial charge on any atom is -0.478 e. The standard InChI is InChI=1S/C13H13N3O4/c1-7-4-5-10(13(17)18)11(6-7)15-9(3)12(16(19)20)8(2)14-15/h4-6H,1-3H3,(H,17,18). The summed E-state index contributed by atoms with van der Waals surface area (Å²) in [5.74, 6) is -1.10. The SMILES string of the molecule is Cc1ccc(C(=O)O)c(-n2nc(C)c([N+](=O)[O-])c2C)c1. The molecule has 0 atom stereocenters. The third kappa shape index (κ3) is 2.13. The second kappa shape index (κ2) is 4.76. The monoisotopic (exact) mass is 275 g/mol. The number of hydrogen-bond acceptors (Lipinski definition) is 4. The van der Waals surface area contributed by atoms with Crippen LogP contribution in [0.1, 0.15) is 27.3 Å². The van der Waals surface area contributed by atoms with Gasteiger partial charge in [0, 0.05) is 0 Å². The quantitative estimate of drug-likeness (QED) is 0.685. The summed E-state index contributed by atoms with van der Waals surface area (Å²) in [6.45, 7) is 4.89. The van der Waals surface area contributed by atoms with Gasteiger partial charge in [0.25, 0.3) is 0 Å². The zero-order valence-electron chi connectivity index (χ0n) is 11.2. The van der Waals surface area contributed by atoms with Gasteiger partial charge in [-0.3, -0.25) is 10.1 Å². The number of rotatable bonds is 3. The first kappa shape index (κ1) is 13.7. The van der Waals surface area contributed by atoms with Crippen LogP contribution >= 0.6 is 0 Å². The summed E-state index contributed by atoms with van der Waals surface area (Å²) in [5, 5.41) is 24.3. The number of carbonyl (C=O) groups is 1. The minimum absolute atomic E-state index is 0.0519. The number of aromatic nitrogens is 2. The molecule has 1 heterocycles. The Labute approximate surface area is 114 Å². The van der Waals surface area contributed by atoms with Gasteiger partial charge in [0.05, 0.1) is 16.2 Å². The van der Waals surface area contributed by atoms with Crippen molar-refractivity contribution in [3.05, 3.63) is 50.8 Å². The lowest BCUT2D eigenvalue weighted by Gasteiger charge is -2.08. The van der Waals surface area contributed by atoms with Crippen LogP contribution in [0.2, 0.25) is 0 Å². The Balaban J connectivity index is 2.75. The average Bonchev–Trinajstić information content (AvgIpc) is 2.64. The topological polar surface area (TPSA) is 98.3 Å². The molecule has 0 aliphatic heterocycles. The Kier molecular flexibility index (Phi) is 3.27. The Morgan fingerprint density at radius 3 is 2.50 bits per heavy atom. The third-order valence-corrected chi connectivity index (χ3v) is 3.05. The number of nitro groups is 1. The highest BCUT2D eigenvalue weighted by Crippen LogP contribution is 2.26. The first-order valence-corrected chi connectivity index (χ1v) is 5.88. The largest absolute Gasteiger partial charge is 0.478 e. The van der Waals surface area contributed by atoms with E-state index in [0.29, 0.717) is 11.4 Å². The van der Waals surface area contributed by atoms with E-state index in [1.807, 2.05) is 6.92 Å². The lowest BCUT2D eigenvalue weighted by Crippen LogP contribution is -2.08. The highest BCUT2D eigenvalue weighted by Gasteiger charge is 2.24. The molecule has 0 amide bonds. The molecule has 104 valence electrons. The van der Waals surface area contributed by atoms with E-state index in [-0.39, 0.29) is 16.9 Å². The maximum absolute atomic E-state index is 11.3. The van der Waals surface area contributed by atoms with Crippen molar-refractivity contribution in [1.82, 2.24) is 9.78 Å². The van der Waals surface area contributed by atoms with Gasteiger partial charge < -0.3 is 5.11 Å². The molecule has 2 aromatic rings. The maximum Gasteiger partial charge on any atom is 0.337 e. The summed E-state index contributed by atoms with van der Waals surface area (Å²) < 4.78 is 1.31. The molecule has 0 saturated carbocycles. The number of aromatic carboxylic acids is 1. The van der Waals surface area contributed by atoms with E-state index in [1.54, 1.807) is 19.1 Å². The lowest BCUT2D eigenvalue weighted by molar-refractivity contribution is -0.386. The van der Waals surface area contributed by atoms with E-state index >= 15 is 0 Å². The second-order valence-corrected chi connectivity index (χ2v) is 4.51. The zero-order valence-corrected chi connectivity index (χ0v) is 11.2. The molecule has 1 aromatic heterocycles. The fourth-order valence-electron chi connectivity index (χ4n) is 2.13.